The molecule has 1 heterocycles. The molecule has 1 aromatic rings. The predicted molar refractivity (Wildman–Crippen MR) is 81.6 cm³/mol. The molecule has 0 atom stereocenters. The molecule has 0 amide bonds. The lowest BCUT2D eigenvalue weighted by molar-refractivity contribution is 0.0550. The maximum absolute atomic E-state index is 11.8. The van der Waals surface area contributed by atoms with Crippen molar-refractivity contribution in [1.29, 1.82) is 0 Å². The highest BCUT2D eigenvalue weighted by molar-refractivity contribution is 6.83. The Morgan fingerprint density at radius 3 is 2.24 bits per heavy atom. The molecular formula is C14H18N2O4Si. The van der Waals surface area contributed by atoms with E-state index in [4.69, 9.17) is 5.73 Å². The molecule has 0 bridgehead atoms. The molecule has 0 fully saturated rings. The van der Waals surface area contributed by atoms with Crippen molar-refractivity contribution in [3.05, 3.63) is 22.9 Å². The highest BCUT2D eigenvalue weighted by Gasteiger charge is 2.22. The third-order valence-corrected chi connectivity index (χ3v) is 3.28. The summed E-state index contributed by atoms with van der Waals surface area (Å²) in [6.45, 7) is 6.23. The van der Waals surface area contributed by atoms with E-state index in [-0.39, 0.29) is 17.1 Å². The minimum absolute atomic E-state index is 0.0153. The number of rotatable bonds is 2. The zero-order valence-electron chi connectivity index (χ0n) is 12.7. The molecule has 0 aliphatic rings. The zero-order chi connectivity index (χ0) is 16.2. The molecule has 0 aliphatic heterocycles. The molecule has 0 unspecified atom stereocenters. The number of nitrogen functional groups attached to an aromatic ring is 1. The minimum Gasteiger partial charge on any atom is -0.465 e. The van der Waals surface area contributed by atoms with E-state index in [9.17, 15) is 9.59 Å². The Labute approximate surface area is 124 Å². The van der Waals surface area contributed by atoms with Crippen LogP contribution in [0.3, 0.4) is 0 Å². The fraction of sp³-hybridized carbons (Fsp3) is 0.357. The number of esters is 2. The van der Waals surface area contributed by atoms with E-state index in [0.29, 0.717) is 5.56 Å². The van der Waals surface area contributed by atoms with E-state index in [1.54, 1.807) is 0 Å². The molecule has 0 spiro atoms. The van der Waals surface area contributed by atoms with E-state index in [0.717, 1.165) is 0 Å². The second-order valence-electron chi connectivity index (χ2n) is 5.30. The van der Waals surface area contributed by atoms with Crippen LogP contribution in [-0.2, 0) is 9.47 Å². The molecule has 1 aromatic heterocycles. The van der Waals surface area contributed by atoms with E-state index in [2.05, 4.69) is 45.6 Å². The summed E-state index contributed by atoms with van der Waals surface area (Å²) >= 11 is 0. The monoisotopic (exact) mass is 306 g/mol. The first-order valence-electron chi connectivity index (χ1n) is 6.20. The molecule has 0 aliphatic carbocycles. The smallest absolute Gasteiger partial charge is 0.357 e. The number of methoxy groups -OCH3 is 2. The van der Waals surface area contributed by atoms with Crippen LogP contribution in [0.25, 0.3) is 0 Å². The van der Waals surface area contributed by atoms with Gasteiger partial charge in [-0.05, 0) is 6.07 Å². The number of hydrogen-bond acceptors (Lipinski definition) is 6. The van der Waals surface area contributed by atoms with E-state index < -0.39 is 20.0 Å². The van der Waals surface area contributed by atoms with Crippen molar-refractivity contribution in [1.82, 2.24) is 4.98 Å². The lowest BCUT2D eigenvalue weighted by atomic mass is 10.1. The van der Waals surface area contributed by atoms with Gasteiger partial charge in [-0.25, -0.2) is 14.6 Å². The van der Waals surface area contributed by atoms with Crippen molar-refractivity contribution in [2.24, 2.45) is 0 Å². The third-order valence-electron chi connectivity index (χ3n) is 2.41. The number of pyridine rings is 1. The number of carbonyl (C=O) groups is 2. The van der Waals surface area contributed by atoms with E-state index >= 15 is 0 Å². The third kappa shape index (κ3) is 4.32. The van der Waals surface area contributed by atoms with Crippen molar-refractivity contribution >= 4 is 25.8 Å². The fourth-order valence-corrected chi connectivity index (χ4v) is 1.91. The van der Waals surface area contributed by atoms with Crippen molar-refractivity contribution in [2.75, 3.05) is 20.0 Å². The summed E-state index contributed by atoms with van der Waals surface area (Å²) in [5.41, 5.74) is 9.12. The van der Waals surface area contributed by atoms with Gasteiger partial charge in [0.25, 0.3) is 0 Å². The molecule has 21 heavy (non-hydrogen) atoms. The second-order valence-corrected chi connectivity index (χ2v) is 10.1. The molecule has 112 valence electrons. The number of nitrogens with zero attached hydrogens (tertiary/aromatic N) is 1. The van der Waals surface area contributed by atoms with E-state index in [1.807, 2.05) is 0 Å². The number of ether oxygens (including phenoxy) is 2. The maximum atomic E-state index is 11.8. The molecule has 7 heteroatoms. The van der Waals surface area contributed by atoms with Gasteiger partial charge >= 0.3 is 11.9 Å². The minimum atomic E-state index is -1.61. The van der Waals surface area contributed by atoms with Crippen LogP contribution in [0.4, 0.5) is 5.82 Å². The first kappa shape index (κ1) is 16.7. The normalized spacial score (nSPS) is 10.3. The first-order valence-corrected chi connectivity index (χ1v) is 9.70. The molecule has 2 N–H and O–H groups in total. The largest absolute Gasteiger partial charge is 0.465 e. The van der Waals surface area contributed by atoms with Crippen molar-refractivity contribution in [3.8, 4) is 11.5 Å². The summed E-state index contributed by atoms with van der Waals surface area (Å²) in [5.74, 6) is 1.55. The number of nitrogens with two attached hydrogens (primary N) is 1. The summed E-state index contributed by atoms with van der Waals surface area (Å²) in [6, 6.07) is 1.41. The number of carbonyl (C=O) groups excluding carboxylic acids is 2. The fourth-order valence-electron chi connectivity index (χ4n) is 1.40. The summed E-state index contributed by atoms with van der Waals surface area (Å²) in [4.78, 5) is 27.4. The lowest BCUT2D eigenvalue weighted by Gasteiger charge is -2.09. The topological polar surface area (TPSA) is 91.5 Å². The van der Waals surface area contributed by atoms with Crippen LogP contribution in [0.15, 0.2) is 6.07 Å². The predicted octanol–water partition coefficient (Wildman–Crippen LogP) is 1.47. The van der Waals surface area contributed by atoms with Gasteiger partial charge in [0.05, 0.1) is 25.3 Å². The maximum Gasteiger partial charge on any atom is 0.357 e. The van der Waals surface area contributed by atoms with Crippen molar-refractivity contribution in [3.63, 3.8) is 0 Å². The van der Waals surface area contributed by atoms with Gasteiger partial charge in [-0.2, -0.15) is 0 Å². The highest BCUT2D eigenvalue weighted by Crippen LogP contribution is 2.17. The zero-order valence-corrected chi connectivity index (χ0v) is 13.7. The molecule has 1 rings (SSSR count). The lowest BCUT2D eigenvalue weighted by Crippen LogP contribution is -2.17. The number of aromatic nitrogens is 1. The van der Waals surface area contributed by atoms with Gasteiger partial charge in [-0.15, -0.1) is 5.54 Å². The van der Waals surface area contributed by atoms with Crippen LogP contribution in [0.2, 0.25) is 19.6 Å². The Morgan fingerprint density at radius 2 is 1.76 bits per heavy atom. The molecule has 0 aromatic carbocycles. The summed E-state index contributed by atoms with van der Waals surface area (Å²) < 4.78 is 9.23. The standard InChI is InChI=1S/C14H18N2O4Si/c1-19-13(17)10-8-9(6-7-21(3,4)5)12(15)16-11(10)14(18)20-2/h8H,1-5H3,(H2,15,16). The van der Waals surface area contributed by atoms with Crippen LogP contribution < -0.4 is 5.73 Å². The Hall–Kier alpha value is -2.33. The summed E-state index contributed by atoms with van der Waals surface area (Å²) in [7, 11) is 0.800. The summed E-state index contributed by atoms with van der Waals surface area (Å²) in [5, 5.41) is 0. The second kappa shape index (κ2) is 6.41. The molecule has 6 nitrogen and oxygen atoms in total. The van der Waals surface area contributed by atoms with Gasteiger partial charge in [-0.3, -0.25) is 0 Å². The quantitative estimate of drug-likeness (QED) is 0.505. The Morgan fingerprint density at radius 1 is 1.19 bits per heavy atom. The first-order chi connectivity index (χ1) is 9.69. The SMILES string of the molecule is COC(=O)c1cc(C#C[Si](C)(C)C)c(N)nc1C(=O)OC. The number of anilines is 1. The van der Waals surface area contributed by atoms with Crippen LogP contribution in [0, 0.1) is 11.5 Å². The van der Waals surface area contributed by atoms with Gasteiger partial charge in [0, 0.05) is 0 Å². The average Bonchev–Trinajstić information content (AvgIpc) is 2.42. The Balaban J connectivity index is 3.47. The summed E-state index contributed by atoms with van der Waals surface area (Å²) in [6.07, 6.45) is 0. The van der Waals surface area contributed by atoms with Crippen LogP contribution in [0.1, 0.15) is 26.4 Å². The van der Waals surface area contributed by atoms with Crippen molar-refractivity contribution in [2.45, 2.75) is 19.6 Å². The molecule has 0 radical (unpaired) electrons. The Kier molecular flexibility index (Phi) is 5.10. The Bertz CT molecular complexity index is 639. The molecule has 0 saturated heterocycles. The molecule has 0 saturated carbocycles. The van der Waals surface area contributed by atoms with E-state index in [1.165, 1.54) is 20.3 Å². The van der Waals surface area contributed by atoms with Gasteiger partial charge in [0.1, 0.15) is 13.9 Å². The van der Waals surface area contributed by atoms with Gasteiger partial charge in [-0.1, -0.05) is 25.6 Å². The van der Waals surface area contributed by atoms with Gasteiger partial charge in [0.15, 0.2) is 5.69 Å². The van der Waals surface area contributed by atoms with Crippen LogP contribution in [0.5, 0.6) is 0 Å². The average molecular weight is 306 g/mol. The van der Waals surface area contributed by atoms with Gasteiger partial charge in [0.2, 0.25) is 0 Å². The number of hydrogen-bond donors (Lipinski definition) is 1. The molecular weight excluding hydrogens is 288 g/mol. The van der Waals surface area contributed by atoms with Crippen molar-refractivity contribution < 1.29 is 19.1 Å². The van der Waals surface area contributed by atoms with Gasteiger partial charge < -0.3 is 15.2 Å². The van der Waals surface area contributed by atoms with Crippen LogP contribution >= 0.6 is 0 Å². The highest BCUT2D eigenvalue weighted by atomic mass is 28.3. The van der Waals surface area contributed by atoms with Crippen LogP contribution in [-0.4, -0.2) is 39.2 Å².